The van der Waals surface area contributed by atoms with E-state index >= 15 is 0 Å². The lowest BCUT2D eigenvalue weighted by Crippen LogP contribution is -2.16. The van der Waals surface area contributed by atoms with Gasteiger partial charge < -0.3 is 11.2 Å². The summed E-state index contributed by atoms with van der Waals surface area (Å²) in [5.41, 5.74) is 4.20. The van der Waals surface area contributed by atoms with Crippen LogP contribution >= 0.6 is 23.1 Å². The molecule has 3 rings (SSSR count). The van der Waals surface area contributed by atoms with E-state index in [0.717, 1.165) is 17.5 Å². The number of amides is 1. The molecule has 2 aromatic heterocycles. The maximum atomic E-state index is 12.9. The molecular formula is C15H15FN8OS2. The van der Waals surface area contributed by atoms with E-state index in [4.69, 9.17) is 5.84 Å². The topological polar surface area (TPSA) is 123 Å². The zero-order valence-electron chi connectivity index (χ0n) is 14.1. The van der Waals surface area contributed by atoms with Crippen LogP contribution in [-0.2, 0) is 4.79 Å². The number of benzene rings is 1. The lowest BCUT2D eigenvalue weighted by Gasteiger charge is -2.03. The van der Waals surface area contributed by atoms with E-state index in [1.54, 1.807) is 12.1 Å². The quantitative estimate of drug-likeness (QED) is 0.237. The number of hydrogen-bond donors (Lipinski definition) is 3. The first-order chi connectivity index (χ1) is 13.0. The molecular weight excluding hydrogens is 391 g/mol. The molecule has 0 unspecified atom stereocenters. The number of halogens is 1. The number of hydrazone groups is 1. The lowest BCUT2D eigenvalue weighted by molar-refractivity contribution is -0.113. The molecule has 3 aromatic rings. The Kier molecular flexibility index (Phi) is 5.98. The van der Waals surface area contributed by atoms with Gasteiger partial charge in [0.15, 0.2) is 5.13 Å². The minimum Gasteiger partial charge on any atom is -0.334 e. The van der Waals surface area contributed by atoms with Crippen LogP contribution in [0.5, 0.6) is 0 Å². The first-order valence-corrected chi connectivity index (χ1v) is 9.47. The number of hydrogen-bond acceptors (Lipinski definition) is 9. The molecule has 9 nitrogen and oxygen atoms in total. The van der Waals surface area contributed by atoms with Crippen molar-refractivity contribution in [3.63, 3.8) is 0 Å². The second-order valence-electron chi connectivity index (χ2n) is 5.23. The monoisotopic (exact) mass is 406 g/mol. The van der Waals surface area contributed by atoms with E-state index in [1.807, 2.05) is 12.3 Å². The summed E-state index contributed by atoms with van der Waals surface area (Å²) in [6.07, 6.45) is 1.49. The molecule has 0 saturated heterocycles. The van der Waals surface area contributed by atoms with Gasteiger partial charge >= 0.3 is 0 Å². The zero-order valence-corrected chi connectivity index (χ0v) is 15.7. The fraction of sp³-hybridized carbons (Fsp3) is 0.133. The highest BCUT2D eigenvalue weighted by atomic mass is 32.2. The molecule has 0 aliphatic heterocycles. The van der Waals surface area contributed by atoms with Gasteiger partial charge in [-0.15, -0.1) is 21.5 Å². The summed E-state index contributed by atoms with van der Waals surface area (Å²) >= 11 is 2.49. The summed E-state index contributed by atoms with van der Waals surface area (Å²) in [6, 6.07) is 5.83. The Bertz CT molecular complexity index is 953. The van der Waals surface area contributed by atoms with Crippen LogP contribution in [0.4, 0.5) is 15.5 Å². The molecule has 0 saturated carbocycles. The predicted molar refractivity (Wildman–Crippen MR) is 104 cm³/mol. The third-order valence-electron chi connectivity index (χ3n) is 3.11. The van der Waals surface area contributed by atoms with Gasteiger partial charge in [0.2, 0.25) is 11.1 Å². The number of nitrogens with zero attached hydrogens (tertiary/aromatic N) is 5. The molecule has 1 amide bonds. The van der Waals surface area contributed by atoms with E-state index in [1.165, 1.54) is 34.4 Å². The summed E-state index contributed by atoms with van der Waals surface area (Å²) in [7, 11) is 0. The normalized spacial score (nSPS) is 11.0. The van der Waals surface area contributed by atoms with Crippen LogP contribution in [0.3, 0.4) is 0 Å². The van der Waals surface area contributed by atoms with Gasteiger partial charge in [-0.3, -0.25) is 4.79 Å². The molecule has 140 valence electrons. The standard InChI is InChI=1S/C15H15FN8OS2/c1-9-7-26-14(19-9)20-12(25)8-27-15-23-22-13(24(15)17)21-18-6-10-2-4-11(16)5-3-10/h2-7H,8,17H2,1H3,(H,21,22)(H,19,20,25)/b18-6+. The average molecular weight is 406 g/mol. The van der Waals surface area contributed by atoms with Crippen molar-refractivity contribution in [1.29, 1.82) is 0 Å². The molecule has 0 bridgehead atoms. The average Bonchev–Trinajstić information content (AvgIpc) is 3.21. The number of nitrogen functional groups attached to an aromatic ring is 1. The second kappa shape index (κ2) is 8.60. The highest BCUT2D eigenvalue weighted by molar-refractivity contribution is 7.99. The van der Waals surface area contributed by atoms with Gasteiger partial charge in [0.1, 0.15) is 5.82 Å². The molecule has 27 heavy (non-hydrogen) atoms. The number of anilines is 2. The van der Waals surface area contributed by atoms with Crippen LogP contribution in [0.2, 0.25) is 0 Å². The van der Waals surface area contributed by atoms with Crippen molar-refractivity contribution in [2.45, 2.75) is 12.1 Å². The number of carbonyl (C=O) groups excluding carboxylic acids is 1. The first-order valence-electron chi connectivity index (χ1n) is 7.61. The molecule has 0 aliphatic carbocycles. The molecule has 2 heterocycles. The fourth-order valence-corrected chi connectivity index (χ4v) is 3.22. The first kappa shape index (κ1) is 18.8. The van der Waals surface area contributed by atoms with Gasteiger partial charge in [-0.2, -0.15) is 5.10 Å². The summed E-state index contributed by atoms with van der Waals surface area (Å²) < 4.78 is 14.0. The Morgan fingerprint density at radius 3 is 2.89 bits per heavy atom. The Morgan fingerprint density at radius 2 is 2.19 bits per heavy atom. The Balaban J connectivity index is 1.52. The van der Waals surface area contributed by atoms with Gasteiger partial charge in [-0.05, 0) is 24.6 Å². The van der Waals surface area contributed by atoms with E-state index in [9.17, 15) is 9.18 Å². The summed E-state index contributed by atoms with van der Waals surface area (Å²) in [5.74, 6) is 5.65. The van der Waals surface area contributed by atoms with E-state index in [-0.39, 0.29) is 23.4 Å². The summed E-state index contributed by atoms with van der Waals surface area (Å²) in [6.45, 7) is 1.85. The van der Waals surface area contributed by atoms with Crippen LogP contribution in [0, 0.1) is 12.7 Å². The number of thiazole rings is 1. The maximum Gasteiger partial charge on any atom is 0.264 e. The van der Waals surface area contributed by atoms with Crippen molar-refractivity contribution in [3.05, 3.63) is 46.7 Å². The van der Waals surface area contributed by atoms with Crippen LogP contribution in [0.15, 0.2) is 39.9 Å². The van der Waals surface area contributed by atoms with Gasteiger partial charge in [0.05, 0.1) is 17.7 Å². The molecule has 1 aromatic carbocycles. The van der Waals surface area contributed by atoms with Crippen molar-refractivity contribution >= 4 is 46.3 Å². The highest BCUT2D eigenvalue weighted by Gasteiger charge is 2.12. The van der Waals surface area contributed by atoms with E-state index in [2.05, 4.69) is 31.0 Å². The largest absolute Gasteiger partial charge is 0.334 e. The van der Waals surface area contributed by atoms with Crippen molar-refractivity contribution in [2.24, 2.45) is 5.10 Å². The SMILES string of the molecule is Cc1csc(NC(=O)CSc2nnc(N/N=C/c3ccc(F)cc3)n2N)n1. The molecule has 0 spiro atoms. The second-order valence-corrected chi connectivity index (χ2v) is 7.03. The smallest absolute Gasteiger partial charge is 0.264 e. The number of nitrogens with two attached hydrogens (primary N) is 1. The van der Waals surface area contributed by atoms with Crippen LogP contribution in [-0.4, -0.2) is 37.7 Å². The van der Waals surface area contributed by atoms with E-state index in [0.29, 0.717) is 15.9 Å². The Morgan fingerprint density at radius 1 is 1.41 bits per heavy atom. The van der Waals surface area contributed by atoms with Crippen molar-refractivity contribution in [1.82, 2.24) is 19.9 Å². The Labute approximate surface area is 161 Å². The molecule has 0 atom stereocenters. The molecule has 0 fully saturated rings. The van der Waals surface area contributed by atoms with Crippen LogP contribution in [0.25, 0.3) is 0 Å². The Hall–Kier alpha value is -2.99. The van der Waals surface area contributed by atoms with Gasteiger partial charge in [-0.25, -0.2) is 19.5 Å². The van der Waals surface area contributed by atoms with Crippen LogP contribution in [0.1, 0.15) is 11.3 Å². The molecule has 12 heteroatoms. The van der Waals surface area contributed by atoms with Crippen LogP contribution < -0.4 is 16.6 Å². The van der Waals surface area contributed by atoms with Crippen molar-refractivity contribution in [2.75, 3.05) is 22.3 Å². The minimum atomic E-state index is -0.322. The number of aromatic nitrogens is 4. The van der Waals surface area contributed by atoms with Gasteiger partial charge in [0, 0.05) is 5.38 Å². The molecule has 0 radical (unpaired) electrons. The van der Waals surface area contributed by atoms with Gasteiger partial charge in [0.25, 0.3) is 5.95 Å². The summed E-state index contributed by atoms with van der Waals surface area (Å²) in [5, 5.41) is 17.2. The molecule has 4 N–H and O–H groups in total. The highest BCUT2D eigenvalue weighted by Crippen LogP contribution is 2.18. The number of carbonyl (C=O) groups is 1. The number of rotatable bonds is 7. The fourth-order valence-electron chi connectivity index (χ4n) is 1.86. The van der Waals surface area contributed by atoms with Crippen molar-refractivity contribution < 1.29 is 9.18 Å². The number of aryl methyl sites for hydroxylation is 1. The summed E-state index contributed by atoms with van der Waals surface area (Å²) in [4.78, 5) is 16.1. The minimum absolute atomic E-state index is 0.104. The maximum absolute atomic E-state index is 12.9. The third-order valence-corrected chi connectivity index (χ3v) is 4.93. The van der Waals surface area contributed by atoms with Crippen molar-refractivity contribution in [3.8, 4) is 0 Å². The number of thioether (sulfide) groups is 1. The van der Waals surface area contributed by atoms with E-state index < -0.39 is 0 Å². The molecule has 0 aliphatic rings. The third kappa shape index (κ3) is 5.24. The predicted octanol–water partition coefficient (Wildman–Crippen LogP) is 2.07. The number of nitrogens with one attached hydrogen (secondary N) is 2. The zero-order chi connectivity index (χ0) is 19.2. The lowest BCUT2D eigenvalue weighted by atomic mass is 10.2. The van der Waals surface area contributed by atoms with Gasteiger partial charge in [-0.1, -0.05) is 23.9 Å².